The van der Waals surface area contributed by atoms with Crippen molar-refractivity contribution in [3.8, 4) is 0 Å². The van der Waals surface area contributed by atoms with Gasteiger partial charge in [0.25, 0.3) is 0 Å². The summed E-state index contributed by atoms with van der Waals surface area (Å²) in [5.41, 5.74) is 1.29. The van der Waals surface area contributed by atoms with Gasteiger partial charge in [-0.05, 0) is 46.1 Å². The molecular weight excluding hydrogens is 244 g/mol. The monoisotopic (exact) mass is 268 g/mol. The molecule has 3 nitrogen and oxygen atoms in total. The molecule has 1 heterocycles. The third-order valence-corrected chi connectivity index (χ3v) is 4.67. The van der Waals surface area contributed by atoms with Crippen molar-refractivity contribution in [1.82, 2.24) is 10.3 Å². The molecule has 0 fully saturated rings. The molecule has 0 aliphatic heterocycles. The Kier molecular flexibility index (Phi) is 5.15. The van der Waals surface area contributed by atoms with Crippen LogP contribution in [0.1, 0.15) is 67.8 Å². The Bertz CT molecular complexity index is 378. The molecule has 2 rings (SSSR count). The van der Waals surface area contributed by atoms with Crippen molar-refractivity contribution in [1.29, 1.82) is 0 Å². The lowest BCUT2D eigenvalue weighted by atomic mass is 9.97. The van der Waals surface area contributed by atoms with Gasteiger partial charge in [-0.3, -0.25) is 0 Å². The second-order valence-corrected chi connectivity index (χ2v) is 5.97. The highest BCUT2D eigenvalue weighted by Crippen LogP contribution is 2.35. The maximum Gasteiger partial charge on any atom is 0.122 e. The molecule has 0 saturated carbocycles. The van der Waals surface area contributed by atoms with Gasteiger partial charge in [0, 0.05) is 11.5 Å². The van der Waals surface area contributed by atoms with Crippen LogP contribution in [-0.2, 0) is 11.2 Å². The molecule has 18 heavy (non-hydrogen) atoms. The molecule has 1 aromatic heterocycles. The Labute approximate surface area is 114 Å². The zero-order chi connectivity index (χ0) is 13.0. The third kappa shape index (κ3) is 3.11. The van der Waals surface area contributed by atoms with Crippen LogP contribution in [0.2, 0.25) is 0 Å². The van der Waals surface area contributed by atoms with E-state index in [1.807, 2.05) is 18.3 Å². The minimum atomic E-state index is 0.137. The molecule has 0 radical (unpaired) electrons. The molecule has 1 aliphatic carbocycles. The van der Waals surface area contributed by atoms with Gasteiger partial charge in [-0.25, -0.2) is 4.98 Å². The maximum atomic E-state index is 5.65. The number of hydrogen-bond acceptors (Lipinski definition) is 4. The van der Waals surface area contributed by atoms with Crippen LogP contribution in [0.3, 0.4) is 0 Å². The second-order valence-electron chi connectivity index (χ2n) is 4.86. The van der Waals surface area contributed by atoms with E-state index in [1.54, 1.807) is 0 Å². The molecule has 102 valence electrons. The van der Waals surface area contributed by atoms with Crippen LogP contribution < -0.4 is 5.32 Å². The first-order chi connectivity index (χ1) is 8.76. The number of aromatic nitrogens is 1. The summed E-state index contributed by atoms with van der Waals surface area (Å²) < 4.78 is 5.65. The van der Waals surface area contributed by atoms with Gasteiger partial charge < -0.3 is 10.1 Å². The lowest BCUT2D eigenvalue weighted by Gasteiger charge is -2.22. The molecule has 2 atom stereocenters. The molecule has 0 amide bonds. The van der Waals surface area contributed by atoms with Crippen molar-refractivity contribution in [2.75, 3.05) is 13.2 Å². The fraction of sp³-hybridized carbons (Fsp3) is 0.786. The molecule has 1 N–H and O–H groups in total. The van der Waals surface area contributed by atoms with E-state index in [-0.39, 0.29) is 6.10 Å². The fourth-order valence-electron chi connectivity index (χ4n) is 2.45. The Morgan fingerprint density at radius 3 is 3.06 bits per heavy atom. The van der Waals surface area contributed by atoms with Crippen LogP contribution in [0, 0.1) is 0 Å². The number of fused-ring (bicyclic) bond motifs is 1. The molecule has 1 aromatic rings. The Hall–Kier alpha value is -0.450. The number of nitrogens with zero attached hydrogens (tertiary/aromatic N) is 1. The van der Waals surface area contributed by atoms with Crippen LogP contribution in [0.5, 0.6) is 0 Å². The van der Waals surface area contributed by atoms with Gasteiger partial charge in [-0.1, -0.05) is 6.92 Å². The largest absolute Gasteiger partial charge is 0.372 e. The highest BCUT2D eigenvalue weighted by molar-refractivity contribution is 7.11. The number of nitrogens with one attached hydrogen (secondary N) is 1. The van der Waals surface area contributed by atoms with Gasteiger partial charge >= 0.3 is 0 Å². The molecule has 0 aromatic carbocycles. The van der Waals surface area contributed by atoms with E-state index in [4.69, 9.17) is 9.72 Å². The van der Waals surface area contributed by atoms with Crippen LogP contribution in [0.4, 0.5) is 0 Å². The topological polar surface area (TPSA) is 34.1 Å². The van der Waals surface area contributed by atoms with Crippen molar-refractivity contribution < 1.29 is 4.74 Å². The Morgan fingerprint density at radius 2 is 2.33 bits per heavy atom. The average molecular weight is 268 g/mol. The molecule has 0 bridgehead atoms. The molecule has 0 saturated heterocycles. The van der Waals surface area contributed by atoms with Crippen molar-refractivity contribution in [3.63, 3.8) is 0 Å². The van der Waals surface area contributed by atoms with Gasteiger partial charge in [0.2, 0.25) is 0 Å². The summed E-state index contributed by atoms with van der Waals surface area (Å²) in [7, 11) is 0. The fourth-order valence-corrected chi connectivity index (χ4v) is 3.62. The number of rotatable bonds is 6. The lowest BCUT2D eigenvalue weighted by molar-refractivity contribution is 0.0760. The first-order valence-electron chi connectivity index (χ1n) is 7.10. The van der Waals surface area contributed by atoms with Gasteiger partial charge in [0.15, 0.2) is 0 Å². The number of aryl methyl sites for hydroxylation is 1. The molecule has 2 unspecified atom stereocenters. The standard InChI is InChI=1S/C14H24N2OS/c1-4-9-15-11-7-6-8-12-13(11)16-14(18-12)10(3)17-5-2/h10-11,15H,4-9H2,1-3H3. The smallest absolute Gasteiger partial charge is 0.122 e. The van der Waals surface area contributed by atoms with Gasteiger partial charge in [-0.2, -0.15) is 0 Å². The van der Waals surface area contributed by atoms with Crippen LogP contribution in [0.25, 0.3) is 0 Å². The van der Waals surface area contributed by atoms with E-state index < -0.39 is 0 Å². The van der Waals surface area contributed by atoms with E-state index in [2.05, 4.69) is 19.2 Å². The Morgan fingerprint density at radius 1 is 1.50 bits per heavy atom. The predicted molar refractivity (Wildman–Crippen MR) is 76.1 cm³/mol. The van der Waals surface area contributed by atoms with Crippen LogP contribution in [-0.4, -0.2) is 18.1 Å². The number of thiazole rings is 1. The summed E-state index contributed by atoms with van der Waals surface area (Å²) in [4.78, 5) is 6.30. The van der Waals surface area contributed by atoms with E-state index in [1.165, 1.54) is 36.3 Å². The molecule has 1 aliphatic rings. The highest BCUT2D eigenvalue weighted by atomic mass is 32.1. The maximum absolute atomic E-state index is 5.65. The summed E-state index contributed by atoms with van der Waals surface area (Å²) in [5, 5.41) is 4.76. The normalized spacial score (nSPS) is 20.7. The lowest BCUT2D eigenvalue weighted by Crippen LogP contribution is -2.25. The first kappa shape index (κ1) is 14.0. The number of hydrogen-bond donors (Lipinski definition) is 1. The number of ether oxygens (including phenoxy) is 1. The first-order valence-corrected chi connectivity index (χ1v) is 7.92. The minimum Gasteiger partial charge on any atom is -0.372 e. The van der Waals surface area contributed by atoms with Gasteiger partial charge in [0.05, 0.1) is 11.7 Å². The van der Waals surface area contributed by atoms with Gasteiger partial charge in [-0.15, -0.1) is 11.3 Å². The third-order valence-electron chi connectivity index (χ3n) is 3.38. The summed E-state index contributed by atoms with van der Waals surface area (Å²) in [6.45, 7) is 8.18. The summed E-state index contributed by atoms with van der Waals surface area (Å²) in [5.74, 6) is 0. The minimum absolute atomic E-state index is 0.137. The van der Waals surface area contributed by atoms with Crippen molar-refractivity contribution in [2.24, 2.45) is 0 Å². The van der Waals surface area contributed by atoms with Gasteiger partial charge in [0.1, 0.15) is 11.1 Å². The average Bonchev–Trinajstić information content (AvgIpc) is 2.81. The zero-order valence-electron chi connectivity index (χ0n) is 11.7. The summed E-state index contributed by atoms with van der Waals surface area (Å²) >= 11 is 1.84. The Balaban J connectivity index is 2.12. The molecule has 0 spiro atoms. The summed E-state index contributed by atoms with van der Waals surface area (Å²) in [6.07, 6.45) is 5.00. The highest BCUT2D eigenvalue weighted by Gasteiger charge is 2.25. The second kappa shape index (κ2) is 6.64. The van der Waals surface area contributed by atoms with E-state index in [0.29, 0.717) is 6.04 Å². The van der Waals surface area contributed by atoms with E-state index in [9.17, 15) is 0 Å². The van der Waals surface area contributed by atoms with Crippen LogP contribution in [0.15, 0.2) is 0 Å². The van der Waals surface area contributed by atoms with E-state index >= 15 is 0 Å². The zero-order valence-corrected chi connectivity index (χ0v) is 12.5. The predicted octanol–water partition coefficient (Wildman–Crippen LogP) is 3.62. The van der Waals surface area contributed by atoms with E-state index in [0.717, 1.165) is 18.2 Å². The quantitative estimate of drug-likeness (QED) is 0.855. The van der Waals surface area contributed by atoms with Crippen molar-refractivity contribution in [3.05, 3.63) is 15.6 Å². The molecule has 4 heteroatoms. The summed E-state index contributed by atoms with van der Waals surface area (Å²) in [6, 6.07) is 0.465. The SMILES string of the molecule is CCCNC1CCCc2sc(C(C)OCC)nc21. The van der Waals surface area contributed by atoms with Crippen molar-refractivity contribution >= 4 is 11.3 Å². The van der Waals surface area contributed by atoms with Crippen molar-refractivity contribution in [2.45, 2.75) is 58.6 Å². The van der Waals surface area contributed by atoms with Crippen LogP contribution >= 0.6 is 11.3 Å². The molecular formula is C14H24N2OS.